The van der Waals surface area contributed by atoms with E-state index in [1.165, 1.54) is 12.1 Å². The SMILES string of the molecule is O=C(C(c1ccccc1)c1ccccc1)N1CCC(S(=O)(=O)c2ccc(Cl)cc2)C1. The molecule has 1 atom stereocenters. The third-order valence-corrected chi connectivity index (χ3v) is 7.99. The minimum absolute atomic E-state index is 0.0683. The Hall–Kier alpha value is -2.63. The fraction of sp³-hybridized carbons (Fsp3) is 0.208. The van der Waals surface area contributed by atoms with Crippen LogP contribution in [0.1, 0.15) is 23.5 Å². The minimum Gasteiger partial charge on any atom is -0.341 e. The Labute approximate surface area is 182 Å². The molecule has 1 fully saturated rings. The highest BCUT2D eigenvalue weighted by Crippen LogP contribution is 2.31. The minimum atomic E-state index is -3.53. The summed E-state index contributed by atoms with van der Waals surface area (Å²) in [6.07, 6.45) is 0.424. The van der Waals surface area contributed by atoms with Gasteiger partial charge in [0, 0.05) is 18.1 Å². The second-order valence-electron chi connectivity index (χ2n) is 7.45. The topological polar surface area (TPSA) is 54.5 Å². The van der Waals surface area contributed by atoms with Gasteiger partial charge < -0.3 is 4.90 Å². The summed E-state index contributed by atoms with van der Waals surface area (Å²) in [4.78, 5) is 15.4. The second kappa shape index (κ2) is 8.62. The maximum atomic E-state index is 13.5. The van der Waals surface area contributed by atoms with Crippen LogP contribution in [0.5, 0.6) is 0 Å². The quantitative estimate of drug-likeness (QED) is 0.586. The molecule has 1 amide bonds. The Bertz CT molecular complexity index is 1080. The van der Waals surface area contributed by atoms with Crippen LogP contribution in [-0.2, 0) is 14.6 Å². The third kappa shape index (κ3) is 4.13. The molecule has 4 rings (SSSR count). The number of halogens is 1. The van der Waals surface area contributed by atoms with Crippen LogP contribution in [-0.4, -0.2) is 37.6 Å². The summed E-state index contributed by atoms with van der Waals surface area (Å²) < 4.78 is 26.1. The monoisotopic (exact) mass is 439 g/mol. The highest BCUT2D eigenvalue weighted by atomic mass is 35.5. The van der Waals surface area contributed by atoms with E-state index < -0.39 is 21.0 Å². The Morgan fingerprint density at radius 2 is 1.40 bits per heavy atom. The van der Waals surface area contributed by atoms with Gasteiger partial charge in [0.1, 0.15) is 0 Å². The molecule has 1 saturated heterocycles. The molecule has 3 aromatic rings. The standard InChI is InChI=1S/C24H22ClNO3S/c25-20-11-13-21(14-12-20)30(28,29)22-15-16-26(17-22)24(27)23(18-7-3-1-4-8-18)19-9-5-2-6-10-19/h1-14,22-23H,15-17H2. The van der Waals surface area contributed by atoms with Crippen molar-refractivity contribution in [2.75, 3.05) is 13.1 Å². The number of rotatable bonds is 5. The van der Waals surface area contributed by atoms with Gasteiger partial charge in [-0.25, -0.2) is 8.42 Å². The molecule has 1 heterocycles. The summed E-state index contributed by atoms with van der Waals surface area (Å²) in [5.74, 6) is -0.523. The lowest BCUT2D eigenvalue weighted by Gasteiger charge is -2.24. The number of nitrogens with zero attached hydrogens (tertiary/aromatic N) is 1. The van der Waals surface area contributed by atoms with Crippen LogP contribution in [0.2, 0.25) is 5.02 Å². The van der Waals surface area contributed by atoms with Crippen LogP contribution < -0.4 is 0 Å². The molecule has 0 aromatic heterocycles. The fourth-order valence-corrected chi connectivity index (χ4v) is 5.77. The lowest BCUT2D eigenvalue weighted by molar-refractivity contribution is -0.130. The molecule has 0 saturated carbocycles. The normalized spacial score (nSPS) is 16.7. The van der Waals surface area contributed by atoms with Crippen molar-refractivity contribution < 1.29 is 13.2 Å². The lowest BCUT2D eigenvalue weighted by Crippen LogP contribution is -2.35. The Kier molecular flexibility index (Phi) is 5.93. The molecule has 4 nitrogen and oxygen atoms in total. The van der Waals surface area contributed by atoms with Crippen LogP contribution in [0, 0.1) is 0 Å². The number of carbonyl (C=O) groups is 1. The molecular formula is C24H22ClNO3S. The zero-order chi connectivity index (χ0) is 21.1. The lowest BCUT2D eigenvalue weighted by atomic mass is 9.90. The summed E-state index contributed by atoms with van der Waals surface area (Å²) >= 11 is 5.89. The van der Waals surface area contributed by atoms with Crippen LogP contribution in [0.3, 0.4) is 0 Å². The van der Waals surface area contributed by atoms with Crippen molar-refractivity contribution in [2.45, 2.75) is 22.5 Å². The molecule has 0 N–H and O–H groups in total. The van der Waals surface area contributed by atoms with Crippen molar-refractivity contribution >= 4 is 27.3 Å². The summed E-state index contributed by atoms with van der Waals surface area (Å²) in [7, 11) is -3.53. The number of sulfone groups is 1. The summed E-state index contributed by atoms with van der Waals surface area (Å²) in [6, 6.07) is 25.4. The van der Waals surface area contributed by atoms with Gasteiger partial charge in [0.15, 0.2) is 9.84 Å². The average molecular weight is 440 g/mol. The first kappa shape index (κ1) is 20.6. The zero-order valence-corrected chi connectivity index (χ0v) is 17.9. The second-order valence-corrected chi connectivity index (χ2v) is 10.1. The molecule has 1 aliphatic rings. The summed E-state index contributed by atoms with van der Waals surface area (Å²) in [5, 5.41) is -0.124. The molecule has 3 aromatic carbocycles. The summed E-state index contributed by atoms with van der Waals surface area (Å²) in [5.41, 5.74) is 1.80. The van der Waals surface area contributed by atoms with E-state index in [4.69, 9.17) is 11.6 Å². The van der Waals surface area contributed by atoms with Crippen molar-refractivity contribution in [3.8, 4) is 0 Å². The number of hydrogen-bond donors (Lipinski definition) is 0. The van der Waals surface area contributed by atoms with E-state index in [0.29, 0.717) is 18.0 Å². The van der Waals surface area contributed by atoms with Gasteiger partial charge in [0.25, 0.3) is 0 Å². The highest BCUT2D eigenvalue weighted by molar-refractivity contribution is 7.92. The van der Waals surface area contributed by atoms with Gasteiger partial charge in [-0.15, -0.1) is 0 Å². The van der Waals surface area contributed by atoms with Crippen molar-refractivity contribution in [3.05, 3.63) is 101 Å². The van der Waals surface area contributed by atoms with Crippen LogP contribution in [0.25, 0.3) is 0 Å². The predicted molar refractivity (Wildman–Crippen MR) is 118 cm³/mol. The van der Waals surface area contributed by atoms with Crippen molar-refractivity contribution in [1.82, 2.24) is 4.90 Å². The van der Waals surface area contributed by atoms with Crippen LogP contribution >= 0.6 is 11.6 Å². The smallest absolute Gasteiger partial charge is 0.234 e. The molecule has 0 aliphatic carbocycles. The fourth-order valence-electron chi connectivity index (χ4n) is 3.95. The van der Waals surface area contributed by atoms with Gasteiger partial charge in [-0.05, 0) is 41.8 Å². The Balaban J connectivity index is 1.59. The average Bonchev–Trinajstić information content (AvgIpc) is 3.27. The van der Waals surface area contributed by atoms with E-state index >= 15 is 0 Å². The first-order valence-corrected chi connectivity index (χ1v) is 11.8. The number of amides is 1. The molecule has 30 heavy (non-hydrogen) atoms. The van der Waals surface area contributed by atoms with Crippen molar-refractivity contribution in [1.29, 1.82) is 0 Å². The van der Waals surface area contributed by atoms with Gasteiger partial charge in [-0.1, -0.05) is 72.3 Å². The van der Waals surface area contributed by atoms with Gasteiger partial charge in [0.05, 0.1) is 16.1 Å². The van der Waals surface area contributed by atoms with Gasteiger partial charge >= 0.3 is 0 Å². The summed E-state index contributed by atoms with van der Waals surface area (Å²) in [6.45, 7) is 0.618. The van der Waals surface area contributed by atoms with E-state index in [1.807, 2.05) is 60.7 Å². The first-order valence-electron chi connectivity index (χ1n) is 9.85. The van der Waals surface area contributed by atoms with E-state index in [9.17, 15) is 13.2 Å². The molecule has 1 aliphatic heterocycles. The molecule has 154 valence electrons. The van der Waals surface area contributed by atoms with E-state index in [1.54, 1.807) is 17.0 Å². The first-order chi connectivity index (χ1) is 14.5. The highest BCUT2D eigenvalue weighted by Gasteiger charge is 2.38. The number of carbonyl (C=O) groups excluding carboxylic acids is 1. The largest absolute Gasteiger partial charge is 0.341 e. The predicted octanol–water partition coefficient (Wildman–Crippen LogP) is 4.55. The molecule has 0 spiro atoms. The van der Waals surface area contributed by atoms with E-state index in [-0.39, 0.29) is 17.3 Å². The molecule has 0 bridgehead atoms. The van der Waals surface area contributed by atoms with Gasteiger partial charge in [0.2, 0.25) is 5.91 Å². The van der Waals surface area contributed by atoms with Crippen molar-refractivity contribution in [2.24, 2.45) is 0 Å². The van der Waals surface area contributed by atoms with Gasteiger partial charge in [-0.2, -0.15) is 0 Å². The maximum absolute atomic E-state index is 13.5. The van der Waals surface area contributed by atoms with E-state index in [0.717, 1.165) is 11.1 Å². The molecule has 6 heteroatoms. The van der Waals surface area contributed by atoms with Crippen LogP contribution in [0.15, 0.2) is 89.8 Å². The number of hydrogen-bond acceptors (Lipinski definition) is 3. The molecule has 1 unspecified atom stereocenters. The Morgan fingerprint density at radius 1 is 0.867 bits per heavy atom. The molecular weight excluding hydrogens is 418 g/mol. The third-order valence-electron chi connectivity index (χ3n) is 5.55. The number of benzene rings is 3. The van der Waals surface area contributed by atoms with Gasteiger partial charge in [-0.3, -0.25) is 4.79 Å². The Morgan fingerprint density at radius 3 is 1.93 bits per heavy atom. The zero-order valence-electron chi connectivity index (χ0n) is 16.3. The van der Waals surface area contributed by atoms with Crippen molar-refractivity contribution in [3.63, 3.8) is 0 Å². The maximum Gasteiger partial charge on any atom is 0.234 e. The van der Waals surface area contributed by atoms with E-state index in [2.05, 4.69) is 0 Å². The number of likely N-dealkylation sites (tertiary alicyclic amines) is 1. The molecule has 0 radical (unpaired) electrons. The van der Waals surface area contributed by atoms with Crippen LogP contribution in [0.4, 0.5) is 0 Å².